The van der Waals surface area contributed by atoms with Crippen molar-refractivity contribution < 1.29 is 33.5 Å². The van der Waals surface area contributed by atoms with E-state index < -0.39 is 22.8 Å². The maximum atomic E-state index is 13.7. The van der Waals surface area contributed by atoms with Gasteiger partial charge in [0, 0.05) is 29.8 Å². The van der Waals surface area contributed by atoms with Crippen LogP contribution in [-0.4, -0.2) is 69.3 Å². The van der Waals surface area contributed by atoms with E-state index in [0.717, 1.165) is 37.4 Å². The number of carbonyl (C=O) groups is 2. The lowest BCUT2D eigenvalue weighted by molar-refractivity contribution is -0.384. The second-order valence-corrected chi connectivity index (χ2v) is 11.8. The molecule has 0 amide bonds. The molecule has 1 atom stereocenters. The smallest absolute Gasteiger partial charge is 0.338 e. The molecule has 1 unspecified atom stereocenters. The van der Waals surface area contributed by atoms with E-state index in [1.54, 1.807) is 27.2 Å². The van der Waals surface area contributed by atoms with E-state index in [1.807, 2.05) is 24.3 Å². The minimum Gasteiger partial charge on any atom is -0.497 e. The number of esters is 2. The summed E-state index contributed by atoms with van der Waals surface area (Å²) in [5.41, 5.74) is 9.00. The Bertz CT molecular complexity index is 1680. The van der Waals surface area contributed by atoms with Crippen LogP contribution in [0.4, 0.5) is 5.69 Å². The van der Waals surface area contributed by atoms with Crippen LogP contribution >= 0.6 is 0 Å². The van der Waals surface area contributed by atoms with E-state index >= 15 is 0 Å². The average Bonchev–Trinajstić information content (AvgIpc) is 3.11. The van der Waals surface area contributed by atoms with Gasteiger partial charge in [0.05, 0.1) is 43.3 Å². The molecule has 0 spiro atoms. The first kappa shape index (κ1) is 34.0. The monoisotopic (exact) mass is 656 g/mol. The molecule has 1 saturated heterocycles. The number of methoxy groups -OCH3 is 3. The third-order valence-corrected chi connectivity index (χ3v) is 9.27. The van der Waals surface area contributed by atoms with Gasteiger partial charge in [0.2, 0.25) is 0 Å². The van der Waals surface area contributed by atoms with E-state index in [2.05, 4.69) is 34.5 Å². The minimum absolute atomic E-state index is 0.00192. The number of likely N-dealkylation sites (tertiary alicyclic amines) is 1. The highest BCUT2D eigenvalue weighted by Crippen LogP contribution is 2.43. The summed E-state index contributed by atoms with van der Waals surface area (Å²) in [7, 11) is 4.51. The van der Waals surface area contributed by atoms with Crippen molar-refractivity contribution in [1.29, 1.82) is 0 Å². The average molecular weight is 657 g/mol. The highest BCUT2D eigenvalue weighted by Gasteiger charge is 2.40. The highest BCUT2D eigenvalue weighted by molar-refractivity contribution is 5.99. The molecule has 0 bridgehead atoms. The van der Waals surface area contributed by atoms with Crippen LogP contribution in [-0.2, 0) is 24.5 Å². The Balaban J connectivity index is 1.31. The van der Waals surface area contributed by atoms with Crippen molar-refractivity contribution in [2.24, 2.45) is 5.73 Å². The van der Waals surface area contributed by atoms with Crippen LogP contribution in [0.15, 0.2) is 95.5 Å². The van der Waals surface area contributed by atoms with Crippen LogP contribution in [0.3, 0.4) is 0 Å². The van der Waals surface area contributed by atoms with Gasteiger partial charge >= 0.3 is 11.9 Å². The highest BCUT2D eigenvalue weighted by atomic mass is 16.6. The third-order valence-electron chi connectivity index (χ3n) is 9.27. The summed E-state index contributed by atoms with van der Waals surface area (Å²) in [6.07, 6.45) is 1.68. The molecule has 2 aliphatic heterocycles. The fraction of sp³-hybridized carbons (Fsp3) is 0.333. The molecule has 252 valence electrons. The molecule has 0 aromatic heterocycles. The Morgan fingerprint density at radius 2 is 1.50 bits per heavy atom. The van der Waals surface area contributed by atoms with Crippen LogP contribution in [0.2, 0.25) is 0 Å². The van der Waals surface area contributed by atoms with Crippen LogP contribution in [0.5, 0.6) is 11.5 Å². The lowest BCUT2D eigenvalue weighted by Crippen LogP contribution is -2.44. The number of nitrogens with one attached hydrogen (secondary N) is 1. The molecule has 3 aromatic carbocycles. The number of non-ortho nitro benzene ring substituents is 1. The third kappa shape index (κ3) is 6.84. The number of nitro groups is 1. The number of hydrogen-bond donors (Lipinski definition) is 2. The van der Waals surface area contributed by atoms with E-state index in [9.17, 15) is 19.7 Å². The summed E-state index contributed by atoms with van der Waals surface area (Å²) >= 11 is 0. The van der Waals surface area contributed by atoms with Crippen molar-refractivity contribution in [3.05, 3.63) is 122 Å². The van der Waals surface area contributed by atoms with E-state index in [1.165, 1.54) is 36.4 Å². The zero-order valence-corrected chi connectivity index (χ0v) is 27.5. The van der Waals surface area contributed by atoms with Gasteiger partial charge < -0.3 is 30.0 Å². The number of ether oxygens (including phenoxy) is 4. The van der Waals surface area contributed by atoms with Gasteiger partial charge in [0.1, 0.15) is 23.9 Å². The van der Waals surface area contributed by atoms with Crippen LogP contribution in [0, 0.1) is 10.1 Å². The van der Waals surface area contributed by atoms with Gasteiger partial charge in [0.25, 0.3) is 5.69 Å². The molecule has 5 rings (SSSR count). The van der Waals surface area contributed by atoms with Crippen LogP contribution < -0.4 is 20.5 Å². The molecule has 2 heterocycles. The van der Waals surface area contributed by atoms with Crippen molar-refractivity contribution in [3.63, 3.8) is 0 Å². The zero-order valence-electron chi connectivity index (χ0n) is 27.5. The topological polar surface area (TPSA) is 155 Å². The van der Waals surface area contributed by atoms with Gasteiger partial charge in [-0.1, -0.05) is 36.4 Å². The number of dihydropyridines is 1. The molecular weight excluding hydrogens is 616 g/mol. The molecule has 3 N–H and O–H groups in total. The summed E-state index contributed by atoms with van der Waals surface area (Å²) < 4.78 is 21.6. The summed E-state index contributed by atoms with van der Waals surface area (Å²) in [4.78, 5) is 39.8. The standard InChI is InChI=1S/C36H40N4O8/c1-23-30(31(32(33(37)38-23)34(41)47-4)24-6-5-7-27(22-24)40(43)44)35(42)48-21-20-39-18-16-36(17-19-39,25-8-12-28(45-2)13-9-25)26-10-14-29(46-3)15-11-26/h5-15,22,31,38H,16-21,37H2,1-4H3. The molecular formula is C36H40N4O8. The lowest BCUT2D eigenvalue weighted by Gasteiger charge is -2.43. The number of nitro benzene ring substituents is 1. The lowest BCUT2D eigenvalue weighted by atomic mass is 9.68. The van der Waals surface area contributed by atoms with Crippen LogP contribution in [0.1, 0.15) is 42.4 Å². The molecule has 48 heavy (non-hydrogen) atoms. The Morgan fingerprint density at radius 3 is 2.02 bits per heavy atom. The Hall–Kier alpha value is -5.36. The van der Waals surface area contributed by atoms with Crippen molar-refractivity contribution in [1.82, 2.24) is 10.2 Å². The Kier molecular flexibility index (Phi) is 10.3. The van der Waals surface area contributed by atoms with Gasteiger partial charge in [-0.2, -0.15) is 0 Å². The maximum Gasteiger partial charge on any atom is 0.338 e. The van der Waals surface area contributed by atoms with E-state index in [-0.39, 0.29) is 34.7 Å². The van der Waals surface area contributed by atoms with Crippen molar-refractivity contribution >= 4 is 17.6 Å². The quantitative estimate of drug-likeness (QED) is 0.170. The van der Waals surface area contributed by atoms with Crippen LogP contribution in [0.25, 0.3) is 0 Å². The van der Waals surface area contributed by atoms with Gasteiger partial charge in [0.15, 0.2) is 0 Å². The second-order valence-electron chi connectivity index (χ2n) is 11.8. The SMILES string of the molecule is COC(=O)C1=C(N)NC(C)=C(C(=O)OCCN2CCC(c3ccc(OC)cc3)(c3ccc(OC)cc3)CC2)C1c1cccc([N+](=O)[O-])c1. The summed E-state index contributed by atoms with van der Waals surface area (Å²) in [6.45, 7) is 3.77. The van der Waals surface area contributed by atoms with Crippen molar-refractivity contribution in [2.45, 2.75) is 31.1 Å². The summed E-state index contributed by atoms with van der Waals surface area (Å²) in [6, 6.07) is 22.2. The maximum absolute atomic E-state index is 13.7. The number of piperidine rings is 1. The first-order valence-electron chi connectivity index (χ1n) is 15.6. The predicted octanol–water partition coefficient (Wildman–Crippen LogP) is 4.54. The summed E-state index contributed by atoms with van der Waals surface area (Å²) in [5, 5.41) is 14.4. The Labute approximate surface area is 279 Å². The fourth-order valence-corrected chi connectivity index (χ4v) is 6.68. The van der Waals surface area contributed by atoms with E-state index in [4.69, 9.17) is 24.7 Å². The molecule has 12 heteroatoms. The van der Waals surface area contributed by atoms with E-state index in [0.29, 0.717) is 17.8 Å². The Morgan fingerprint density at radius 1 is 0.917 bits per heavy atom. The first-order valence-corrected chi connectivity index (χ1v) is 15.6. The number of carbonyl (C=O) groups excluding carboxylic acids is 2. The number of hydrogen-bond acceptors (Lipinski definition) is 11. The molecule has 0 aliphatic carbocycles. The molecule has 3 aromatic rings. The van der Waals surface area contributed by atoms with Gasteiger partial charge in [-0.05, 0) is 73.8 Å². The predicted molar refractivity (Wildman–Crippen MR) is 178 cm³/mol. The van der Waals surface area contributed by atoms with Gasteiger partial charge in [-0.25, -0.2) is 9.59 Å². The fourth-order valence-electron chi connectivity index (χ4n) is 6.68. The number of nitrogens with two attached hydrogens (primary N) is 1. The molecule has 2 aliphatic rings. The molecule has 12 nitrogen and oxygen atoms in total. The number of allylic oxidation sites excluding steroid dienone is 1. The van der Waals surface area contributed by atoms with Gasteiger partial charge in [-0.15, -0.1) is 0 Å². The largest absolute Gasteiger partial charge is 0.497 e. The number of benzene rings is 3. The second kappa shape index (κ2) is 14.6. The van der Waals surface area contributed by atoms with Gasteiger partial charge in [-0.3, -0.25) is 15.0 Å². The van der Waals surface area contributed by atoms with Crippen molar-refractivity contribution in [3.8, 4) is 11.5 Å². The first-order chi connectivity index (χ1) is 23.1. The molecule has 1 fully saturated rings. The number of nitrogens with zero attached hydrogens (tertiary/aromatic N) is 2. The summed E-state index contributed by atoms with van der Waals surface area (Å²) in [5.74, 6) is -0.862. The molecule has 0 radical (unpaired) electrons. The van der Waals surface area contributed by atoms with Crippen molar-refractivity contribution in [2.75, 3.05) is 47.6 Å². The minimum atomic E-state index is -1.03. The zero-order chi connectivity index (χ0) is 34.4. The normalized spacial score (nSPS) is 17.7. The number of rotatable bonds is 11. The molecule has 0 saturated carbocycles.